The van der Waals surface area contributed by atoms with E-state index < -0.39 is 22.0 Å². The molecule has 29 heavy (non-hydrogen) atoms. The number of hydrogen-bond acceptors (Lipinski definition) is 5. The highest BCUT2D eigenvalue weighted by molar-refractivity contribution is 7.88. The van der Waals surface area contributed by atoms with Crippen molar-refractivity contribution in [1.29, 1.82) is 5.41 Å². The summed E-state index contributed by atoms with van der Waals surface area (Å²) in [5, 5.41) is 21.7. The van der Waals surface area contributed by atoms with Crippen molar-refractivity contribution in [3.8, 4) is 0 Å². The number of guanidine groups is 1. The van der Waals surface area contributed by atoms with Crippen molar-refractivity contribution in [1.82, 2.24) is 4.72 Å². The summed E-state index contributed by atoms with van der Waals surface area (Å²) in [6.45, 7) is 0. The minimum atomic E-state index is -3.67. The third kappa shape index (κ3) is 7.24. The third-order valence-corrected chi connectivity index (χ3v) is 4.42. The van der Waals surface area contributed by atoms with E-state index in [9.17, 15) is 18.0 Å². The van der Waals surface area contributed by atoms with E-state index in [4.69, 9.17) is 16.2 Å². The molecule has 1 atom stereocenters. The first-order chi connectivity index (χ1) is 13.5. The van der Waals surface area contributed by atoms with E-state index in [1.165, 1.54) is 0 Å². The van der Waals surface area contributed by atoms with E-state index in [2.05, 4.69) is 15.4 Å². The van der Waals surface area contributed by atoms with E-state index >= 15 is 0 Å². The van der Waals surface area contributed by atoms with Crippen molar-refractivity contribution < 1.29 is 23.1 Å². The second-order valence-electron chi connectivity index (χ2n) is 6.26. The lowest BCUT2D eigenvalue weighted by molar-refractivity contribution is -0.138. The maximum Gasteiger partial charge on any atom is 0.322 e. The first-order valence-corrected chi connectivity index (χ1v) is 10.2. The standard InChI is InChI=1S/C18H21N5O5S/c1-29(27,28)23-15(17(25)26)9-11-5-7-13(8-6-11)21-16(24)12-3-2-4-14(10-12)22-18(19)20/h2-8,10,15,23H,9H2,1H3,(H,21,24)(H,25,26)(H4,19,20,22). The van der Waals surface area contributed by atoms with Crippen LogP contribution in [0.2, 0.25) is 0 Å². The Balaban J connectivity index is 2.05. The number of amides is 1. The summed E-state index contributed by atoms with van der Waals surface area (Å²) < 4.78 is 24.6. The first kappa shape index (κ1) is 21.9. The topological polar surface area (TPSA) is 174 Å². The van der Waals surface area contributed by atoms with Crippen molar-refractivity contribution in [2.75, 3.05) is 16.9 Å². The van der Waals surface area contributed by atoms with Crippen molar-refractivity contribution in [2.24, 2.45) is 5.73 Å². The molecule has 2 aromatic rings. The molecule has 7 N–H and O–H groups in total. The minimum Gasteiger partial charge on any atom is -0.480 e. The fourth-order valence-electron chi connectivity index (χ4n) is 2.49. The summed E-state index contributed by atoms with van der Waals surface area (Å²) >= 11 is 0. The zero-order valence-corrected chi connectivity index (χ0v) is 16.3. The van der Waals surface area contributed by atoms with Crippen molar-refractivity contribution >= 4 is 39.2 Å². The fraction of sp³-hybridized carbons (Fsp3) is 0.167. The number of aliphatic carboxylic acids is 1. The largest absolute Gasteiger partial charge is 0.480 e. The van der Waals surface area contributed by atoms with Gasteiger partial charge in [0.25, 0.3) is 5.91 Å². The molecule has 0 aliphatic rings. The van der Waals surface area contributed by atoms with Crippen molar-refractivity contribution in [2.45, 2.75) is 12.5 Å². The molecule has 154 valence electrons. The Morgan fingerprint density at radius 1 is 1.10 bits per heavy atom. The van der Waals surface area contributed by atoms with E-state index in [0.29, 0.717) is 22.5 Å². The first-order valence-electron chi connectivity index (χ1n) is 8.35. The zero-order valence-electron chi connectivity index (χ0n) is 15.5. The molecule has 0 aliphatic carbocycles. The highest BCUT2D eigenvalue weighted by atomic mass is 32.2. The van der Waals surface area contributed by atoms with Crippen LogP contribution < -0.4 is 21.1 Å². The summed E-state index contributed by atoms with van der Waals surface area (Å²) in [6.07, 6.45) is 0.845. The molecule has 10 nitrogen and oxygen atoms in total. The fourth-order valence-corrected chi connectivity index (χ4v) is 3.20. The predicted octanol–water partition coefficient (Wildman–Crippen LogP) is 0.789. The van der Waals surface area contributed by atoms with Gasteiger partial charge in [-0.05, 0) is 42.3 Å². The van der Waals surface area contributed by atoms with Gasteiger partial charge in [-0.2, -0.15) is 0 Å². The molecule has 1 unspecified atom stereocenters. The van der Waals surface area contributed by atoms with Gasteiger partial charge in [-0.3, -0.25) is 15.0 Å². The second-order valence-corrected chi connectivity index (χ2v) is 8.04. The molecule has 0 saturated heterocycles. The van der Waals surface area contributed by atoms with Crippen LogP contribution in [0.1, 0.15) is 15.9 Å². The minimum absolute atomic E-state index is 0.0462. The Labute approximate surface area is 167 Å². The molecule has 0 heterocycles. The highest BCUT2D eigenvalue weighted by Gasteiger charge is 2.21. The maximum absolute atomic E-state index is 12.4. The average Bonchev–Trinajstić information content (AvgIpc) is 2.61. The average molecular weight is 419 g/mol. The summed E-state index contributed by atoms with van der Waals surface area (Å²) in [4.78, 5) is 23.6. The lowest BCUT2D eigenvalue weighted by Crippen LogP contribution is -2.41. The normalized spacial score (nSPS) is 12.0. The Bertz CT molecular complexity index is 1020. The molecule has 0 radical (unpaired) electrons. The summed E-state index contributed by atoms with van der Waals surface area (Å²) in [6, 6.07) is 11.5. The molecule has 0 saturated carbocycles. The van der Waals surface area contributed by atoms with Crippen LogP contribution in [0.4, 0.5) is 11.4 Å². The maximum atomic E-state index is 12.4. The zero-order chi connectivity index (χ0) is 21.6. The summed E-state index contributed by atoms with van der Waals surface area (Å²) in [7, 11) is -3.67. The number of sulfonamides is 1. The summed E-state index contributed by atoms with van der Waals surface area (Å²) in [5.41, 5.74) is 7.18. The number of carbonyl (C=O) groups is 2. The Morgan fingerprint density at radius 3 is 2.31 bits per heavy atom. The number of benzene rings is 2. The van der Waals surface area contributed by atoms with Gasteiger partial charge in [0, 0.05) is 16.9 Å². The molecule has 0 aliphatic heterocycles. The number of carboxylic acids is 1. The molecule has 0 bridgehead atoms. The van der Waals surface area contributed by atoms with Gasteiger partial charge >= 0.3 is 5.97 Å². The van der Waals surface area contributed by atoms with E-state index in [-0.39, 0.29) is 18.3 Å². The van der Waals surface area contributed by atoms with Gasteiger partial charge in [0.15, 0.2) is 5.96 Å². The van der Waals surface area contributed by atoms with Crippen LogP contribution in [-0.4, -0.2) is 43.7 Å². The van der Waals surface area contributed by atoms with Crippen LogP contribution in [0.3, 0.4) is 0 Å². The number of nitrogens with two attached hydrogens (primary N) is 1. The van der Waals surface area contributed by atoms with E-state index in [1.807, 2.05) is 0 Å². The third-order valence-electron chi connectivity index (χ3n) is 3.71. The van der Waals surface area contributed by atoms with Crippen LogP contribution in [0, 0.1) is 5.41 Å². The molecule has 0 fully saturated rings. The van der Waals surface area contributed by atoms with Crippen LogP contribution >= 0.6 is 0 Å². The van der Waals surface area contributed by atoms with Gasteiger partial charge in [-0.15, -0.1) is 0 Å². The number of anilines is 2. The highest BCUT2D eigenvalue weighted by Crippen LogP contribution is 2.15. The van der Waals surface area contributed by atoms with Crippen LogP contribution in [0.15, 0.2) is 48.5 Å². The van der Waals surface area contributed by atoms with Gasteiger partial charge in [0.2, 0.25) is 10.0 Å². The molecule has 1 amide bonds. The quantitative estimate of drug-likeness (QED) is 0.271. The van der Waals surface area contributed by atoms with Gasteiger partial charge in [-0.25, -0.2) is 13.1 Å². The van der Waals surface area contributed by atoms with Gasteiger partial charge in [-0.1, -0.05) is 18.2 Å². The number of nitrogens with one attached hydrogen (secondary N) is 4. The molecule has 0 spiro atoms. The SMILES string of the molecule is CS(=O)(=O)NC(Cc1ccc(NC(=O)c2cccc(NC(=N)N)c2)cc1)C(=O)O. The monoisotopic (exact) mass is 419 g/mol. The molecule has 2 rings (SSSR count). The van der Waals surface area contributed by atoms with E-state index in [0.717, 1.165) is 6.26 Å². The molecular formula is C18H21N5O5S. The van der Waals surface area contributed by atoms with Crippen molar-refractivity contribution in [3.63, 3.8) is 0 Å². The second kappa shape index (κ2) is 9.17. The molecule has 0 aromatic heterocycles. The van der Waals surface area contributed by atoms with Gasteiger partial charge < -0.3 is 21.5 Å². The Hall–Kier alpha value is -3.44. The summed E-state index contributed by atoms with van der Waals surface area (Å²) in [5.74, 6) is -1.91. The van der Waals surface area contributed by atoms with Gasteiger partial charge in [0.05, 0.1) is 6.26 Å². The van der Waals surface area contributed by atoms with Crippen molar-refractivity contribution in [3.05, 3.63) is 59.7 Å². The smallest absolute Gasteiger partial charge is 0.322 e. The van der Waals surface area contributed by atoms with Crippen LogP contribution in [0.5, 0.6) is 0 Å². The van der Waals surface area contributed by atoms with Gasteiger partial charge in [0.1, 0.15) is 6.04 Å². The number of carboxylic acid groups (broad SMARTS) is 1. The van der Waals surface area contributed by atoms with Crippen LogP contribution in [-0.2, 0) is 21.2 Å². The lowest BCUT2D eigenvalue weighted by Gasteiger charge is -2.13. The van der Waals surface area contributed by atoms with E-state index in [1.54, 1.807) is 48.5 Å². The lowest BCUT2D eigenvalue weighted by atomic mass is 10.1. The van der Waals surface area contributed by atoms with Crippen LogP contribution in [0.25, 0.3) is 0 Å². The molecule has 11 heteroatoms. The Kier molecular flexibility index (Phi) is 6.91. The molecular weight excluding hydrogens is 398 g/mol. The Morgan fingerprint density at radius 2 is 1.76 bits per heavy atom. The molecule has 2 aromatic carbocycles. The number of carbonyl (C=O) groups excluding carboxylic acids is 1. The predicted molar refractivity (Wildman–Crippen MR) is 109 cm³/mol. The number of rotatable bonds is 8. The number of hydrogen-bond donors (Lipinski definition) is 6.